The Bertz CT molecular complexity index is 700. The molecule has 0 fully saturated rings. The minimum absolute atomic E-state index is 0.0338. The van der Waals surface area contributed by atoms with Crippen LogP contribution in [0.1, 0.15) is 65.3 Å². The number of hydrogen-bond acceptors (Lipinski definition) is 5. The number of H-pyrrole nitrogens is 2. The minimum Gasteiger partial charge on any atom is -0.370 e. The molecule has 2 heterocycles. The first-order chi connectivity index (χ1) is 11.1. The van der Waals surface area contributed by atoms with Crippen molar-refractivity contribution in [3.8, 4) is 0 Å². The first-order valence-corrected chi connectivity index (χ1v) is 8.33. The number of anilines is 1. The lowest BCUT2D eigenvalue weighted by atomic mass is 9.90. The van der Waals surface area contributed by atoms with E-state index < -0.39 is 0 Å². The fourth-order valence-corrected chi connectivity index (χ4v) is 2.15. The number of hydrogen-bond donors (Lipinski definition) is 3. The lowest BCUT2D eigenvalue weighted by molar-refractivity contribution is 0.514. The summed E-state index contributed by atoms with van der Waals surface area (Å²) in [6, 6.07) is 2.02. The van der Waals surface area contributed by atoms with Crippen LogP contribution in [0.4, 0.5) is 5.82 Å². The van der Waals surface area contributed by atoms with Crippen molar-refractivity contribution < 1.29 is 0 Å². The van der Waals surface area contributed by atoms with E-state index >= 15 is 0 Å². The lowest BCUT2D eigenvalue weighted by Crippen LogP contribution is -2.22. The molecule has 0 radical (unpaired) electrons. The van der Waals surface area contributed by atoms with Crippen molar-refractivity contribution in [2.24, 2.45) is 0 Å². The Balaban J connectivity index is 2.07. The average molecular weight is 332 g/mol. The van der Waals surface area contributed by atoms with Gasteiger partial charge in [0, 0.05) is 29.9 Å². The summed E-state index contributed by atoms with van der Waals surface area (Å²) in [5.74, 6) is 2.36. The molecule has 0 unspecified atom stereocenters. The Hall–Kier alpha value is -2.18. The molecule has 132 valence electrons. The van der Waals surface area contributed by atoms with Crippen molar-refractivity contribution in [1.29, 1.82) is 0 Å². The number of aromatic nitrogens is 5. The molecule has 0 aliphatic carbocycles. The van der Waals surface area contributed by atoms with Crippen LogP contribution in [-0.2, 0) is 17.3 Å². The highest BCUT2D eigenvalue weighted by molar-refractivity contribution is 5.38. The van der Waals surface area contributed by atoms with Crippen LogP contribution in [0, 0.1) is 0 Å². The Kier molecular flexibility index (Phi) is 5.11. The molecule has 0 aromatic carbocycles. The van der Waals surface area contributed by atoms with Gasteiger partial charge in [0.25, 0.3) is 0 Å². The molecule has 24 heavy (non-hydrogen) atoms. The maximum absolute atomic E-state index is 11.0. The molecular weight excluding hydrogens is 304 g/mol. The van der Waals surface area contributed by atoms with Gasteiger partial charge < -0.3 is 5.32 Å². The highest BCUT2D eigenvalue weighted by atomic mass is 16.1. The predicted molar refractivity (Wildman–Crippen MR) is 95.5 cm³/mol. The van der Waals surface area contributed by atoms with Crippen molar-refractivity contribution >= 4 is 5.82 Å². The van der Waals surface area contributed by atoms with Crippen LogP contribution in [0.2, 0.25) is 0 Å². The molecule has 0 spiro atoms. The van der Waals surface area contributed by atoms with Crippen LogP contribution in [0.5, 0.6) is 0 Å². The summed E-state index contributed by atoms with van der Waals surface area (Å²) in [5.41, 5.74) is 0.625. The molecule has 2 rings (SSSR count). The molecule has 0 saturated heterocycles. The summed E-state index contributed by atoms with van der Waals surface area (Å²) in [5, 5.41) is 9.65. The van der Waals surface area contributed by atoms with Gasteiger partial charge in [-0.05, 0) is 6.42 Å². The average Bonchev–Trinajstić information content (AvgIpc) is 2.87. The molecule has 7 nitrogen and oxygen atoms in total. The quantitative estimate of drug-likeness (QED) is 0.731. The zero-order chi connectivity index (χ0) is 18.0. The Morgan fingerprint density at radius 2 is 1.79 bits per heavy atom. The van der Waals surface area contributed by atoms with E-state index in [0.717, 1.165) is 30.3 Å². The van der Waals surface area contributed by atoms with Gasteiger partial charge in [0.1, 0.15) is 17.5 Å². The summed E-state index contributed by atoms with van der Waals surface area (Å²) in [6.45, 7) is 13.6. The highest BCUT2D eigenvalue weighted by Gasteiger charge is 2.23. The van der Waals surface area contributed by atoms with E-state index in [0.29, 0.717) is 12.2 Å². The standard InChI is InChI=1S/C17H28N6O/c1-16(2,3)11-10-13(20-14(19-11)17(4,5)6)18-9-7-8-12-21-15(24)23-22-12/h10H,7-9H2,1-6H3,(H,18,19,20)(H2,21,22,23,24). The molecule has 0 atom stereocenters. The molecule has 2 aromatic heterocycles. The number of rotatable bonds is 5. The van der Waals surface area contributed by atoms with E-state index in [2.05, 4.69) is 67.0 Å². The van der Waals surface area contributed by atoms with E-state index in [9.17, 15) is 4.79 Å². The molecule has 7 heteroatoms. The fraction of sp³-hybridized carbons (Fsp3) is 0.647. The summed E-state index contributed by atoms with van der Waals surface area (Å²) in [4.78, 5) is 23.1. The van der Waals surface area contributed by atoms with Crippen molar-refractivity contribution in [2.45, 2.75) is 65.2 Å². The molecule has 3 N–H and O–H groups in total. The van der Waals surface area contributed by atoms with Crippen LogP contribution in [-0.4, -0.2) is 31.7 Å². The summed E-state index contributed by atoms with van der Waals surface area (Å²) in [6.07, 6.45) is 1.55. The maximum Gasteiger partial charge on any atom is 0.340 e. The Morgan fingerprint density at radius 1 is 1.08 bits per heavy atom. The molecule has 0 aliphatic rings. The Labute approximate surface area is 142 Å². The smallest absolute Gasteiger partial charge is 0.340 e. The zero-order valence-electron chi connectivity index (χ0n) is 15.4. The lowest BCUT2D eigenvalue weighted by Gasteiger charge is -2.24. The van der Waals surface area contributed by atoms with Crippen molar-refractivity contribution in [3.05, 3.63) is 33.9 Å². The van der Waals surface area contributed by atoms with Gasteiger partial charge >= 0.3 is 5.69 Å². The first-order valence-electron chi connectivity index (χ1n) is 8.33. The van der Waals surface area contributed by atoms with Crippen molar-refractivity contribution in [1.82, 2.24) is 25.1 Å². The van der Waals surface area contributed by atoms with E-state index in [1.807, 2.05) is 6.07 Å². The monoisotopic (exact) mass is 332 g/mol. The second-order valence-corrected chi connectivity index (χ2v) is 8.12. The van der Waals surface area contributed by atoms with E-state index in [1.54, 1.807) is 0 Å². The number of aromatic amines is 2. The third-order valence-corrected chi connectivity index (χ3v) is 3.61. The minimum atomic E-state index is -0.265. The van der Waals surface area contributed by atoms with Gasteiger partial charge in [0.15, 0.2) is 0 Å². The summed E-state index contributed by atoms with van der Waals surface area (Å²) < 4.78 is 0. The molecule has 2 aromatic rings. The number of aryl methyl sites for hydroxylation is 1. The normalized spacial score (nSPS) is 12.4. The molecule has 0 amide bonds. The van der Waals surface area contributed by atoms with E-state index in [4.69, 9.17) is 4.98 Å². The van der Waals surface area contributed by atoms with E-state index in [-0.39, 0.29) is 16.5 Å². The van der Waals surface area contributed by atoms with Crippen molar-refractivity contribution in [3.63, 3.8) is 0 Å². The Morgan fingerprint density at radius 3 is 2.33 bits per heavy atom. The third-order valence-electron chi connectivity index (χ3n) is 3.61. The second kappa shape index (κ2) is 6.75. The maximum atomic E-state index is 11.0. The predicted octanol–water partition coefficient (Wildman–Crippen LogP) is 2.53. The van der Waals surface area contributed by atoms with Crippen LogP contribution < -0.4 is 11.0 Å². The molecule has 0 aliphatic heterocycles. The zero-order valence-corrected chi connectivity index (χ0v) is 15.4. The first kappa shape index (κ1) is 18.2. The fourth-order valence-electron chi connectivity index (χ4n) is 2.15. The summed E-state index contributed by atoms with van der Waals surface area (Å²) >= 11 is 0. The summed E-state index contributed by atoms with van der Waals surface area (Å²) in [7, 11) is 0. The SMILES string of the molecule is CC(C)(C)c1cc(NCCCc2n[nH]c(=O)[nH]2)nc(C(C)(C)C)n1. The molecule has 0 bridgehead atoms. The van der Waals surface area contributed by atoms with Gasteiger partial charge in [-0.3, -0.25) is 4.98 Å². The van der Waals surface area contributed by atoms with E-state index in [1.165, 1.54) is 0 Å². The van der Waals surface area contributed by atoms with Crippen LogP contribution >= 0.6 is 0 Å². The number of nitrogens with zero attached hydrogens (tertiary/aromatic N) is 3. The largest absolute Gasteiger partial charge is 0.370 e. The van der Waals surface area contributed by atoms with Gasteiger partial charge in [-0.1, -0.05) is 41.5 Å². The highest BCUT2D eigenvalue weighted by Crippen LogP contribution is 2.26. The van der Waals surface area contributed by atoms with Crippen LogP contribution in [0.25, 0.3) is 0 Å². The van der Waals surface area contributed by atoms with Gasteiger partial charge in [0.2, 0.25) is 0 Å². The number of nitrogens with one attached hydrogen (secondary N) is 3. The molecule has 0 saturated carbocycles. The second-order valence-electron chi connectivity index (χ2n) is 8.12. The van der Waals surface area contributed by atoms with Crippen molar-refractivity contribution in [2.75, 3.05) is 11.9 Å². The third kappa shape index (κ3) is 4.91. The van der Waals surface area contributed by atoms with Gasteiger partial charge in [-0.25, -0.2) is 19.9 Å². The van der Waals surface area contributed by atoms with Crippen LogP contribution in [0.3, 0.4) is 0 Å². The van der Waals surface area contributed by atoms with Crippen LogP contribution in [0.15, 0.2) is 10.9 Å². The molecular formula is C17H28N6O. The van der Waals surface area contributed by atoms with Gasteiger partial charge in [-0.2, -0.15) is 5.10 Å². The van der Waals surface area contributed by atoms with Gasteiger partial charge in [0.05, 0.1) is 5.69 Å². The van der Waals surface area contributed by atoms with Gasteiger partial charge in [-0.15, -0.1) is 0 Å². The topological polar surface area (TPSA) is 99.3 Å².